The SMILES string of the molecule is Cc1nnc(SCCNC(=O)C2CCN(c3nc(C)c4cc(F)ccc4n3)CC2)s1. The highest BCUT2D eigenvalue weighted by atomic mass is 32.2. The highest BCUT2D eigenvalue weighted by molar-refractivity contribution is 8.01. The highest BCUT2D eigenvalue weighted by Gasteiger charge is 2.26. The second kappa shape index (κ2) is 9.22. The molecule has 1 fully saturated rings. The van der Waals surface area contributed by atoms with Crippen LogP contribution in [-0.4, -0.2) is 51.5 Å². The van der Waals surface area contributed by atoms with Gasteiger partial charge in [0.15, 0.2) is 4.34 Å². The van der Waals surface area contributed by atoms with E-state index in [1.807, 2.05) is 13.8 Å². The number of halogens is 1. The summed E-state index contributed by atoms with van der Waals surface area (Å²) in [5.41, 5.74) is 1.50. The van der Waals surface area contributed by atoms with Crippen molar-refractivity contribution in [3.05, 3.63) is 34.7 Å². The van der Waals surface area contributed by atoms with Gasteiger partial charge in [-0.1, -0.05) is 23.1 Å². The Bertz CT molecular complexity index is 1050. The average Bonchev–Trinajstić information content (AvgIpc) is 3.16. The summed E-state index contributed by atoms with van der Waals surface area (Å²) in [5, 5.41) is 12.8. The first kappa shape index (κ1) is 20.9. The monoisotopic (exact) mass is 446 g/mol. The largest absolute Gasteiger partial charge is 0.355 e. The summed E-state index contributed by atoms with van der Waals surface area (Å²) in [4.78, 5) is 23.7. The second-order valence-corrected chi connectivity index (χ2v) is 9.78. The normalized spacial score (nSPS) is 15.0. The van der Waals surface area contributed by atoms with Crippen LogP contribution < -0.4 is 10.2 Å². The van der Waals surface area contributed by atoms with Gasteiger partial charge in [-0.05, 0) is 44.9 Å². The van der Waals surface area contributed by atoms with Crippen molar-refractivity contribution in [1.29, 1.82) is 0 Å². The van der Waals surface area contributed by atoms with Gasteiger partial charge < -0.3 is 10.2 Å². The van der Waals surface area contributed by atoms with Crippen LogP contribution in [0.2, 0.25) is 0 Å². The quantitative estimate of drug-likeness (QED) is 0.459. The van der Waals surface area contributed by atoms with E-state index >= 15 is 0 Å². The number of nitrogens with zero attached hydrogens (tertiary/aromatic N) is 5. The number of carbonyl (C=O) groups excluding carboxylic acids is 1. The number of nitrogens with one attached hydrogen (secondary N) is 1. The summed E-state index contributed by atoms with van der Waals surface area (Å²) < 4.78 is 14.4. The zero-order chi connectivity index (χ0) is 21.1. The van der Waals surface area contributed by atoms with E-state index in [4.69, 9.17) is 0 Å². The molecular formula is C20H23FN6OS2. The molecule has 3 aromatic rings. The number of aryl methyl sites for hydroxylation is 2. The number of anilines is 1. The predicted molar refractivity (Wildman–Crippen MR) is 118 cm³/mol. The van der Waals surface area contributed by atoms with E-state index in [1.165, 1.54) is 12.1 Å². The first-order valence-corrected chi connectivity index (χ1v) is 11.7. The van der Waals surface area contributed by atoms with Crippen LogP contribution >= 0.6 is 23.1 Å². The lowest BCUT2D eigenvalue weighted by Crippen LogP contribution is -2.41. The van der Waals surface area contributed by atoms with Crippen molar-refractivity contribution in [1.82, 2.24) is 25.5 Å². The van der Waals surface area contributed by atoms with Gasteiger partial charge in [-0.2, -0.15) is 0 Å². The van der Waals surface area contributed by atoms with Gasteiger partial charge in [-0.3, -0.25) is 4.79 Å². The number of benzene rings is 1. The molecule has 1 saturated heterocycles. The number of hydrogen-bond donors (Lipinski definition) is 1. The van der Waals surface area contributed by atoms with E-state index in [2.05, 4.69) is 30.4 Å². The molecule has 0 radical (unpaired) electrons. The number of piperidine rings is 1. The molecule has 158 valence electrons. The van der Waals surface area contributed by atoms with Crippen molar-refractivity contribution in [3.63, 3.8) is 0 Å². The van der Waals surface area contributed by atoms with Crippen LogP contribution in [0, 0.1) is 25.6 Å². The third-order valence-electron chi connectivity index (χ3n) is 5.12. The first-order valence-electron chi connectivity index (χ1n) is 9.89. The molecular weight excluding hydrogens is 423 g/mol. The molecule has 0 spiro atoms. The summed E-state index contributed by atoms with van der Waals surface area (Å²) in [7, 11) is 0. The Hall–Kier alpha value is -2.33. The fourth-order valence-corrected chi connectivity index (χ4v) is 5.26. The molecule has 0 saturated carbocycles. The fourth-order valence-electron chi connectivity index (χ4n) is 3.52. The molecule has 1 N–H and O–H groups in total. The maximum absolute atomic E-state index is 13.5. The van der Waals surface area contributed by atoms with Gasteiger partial charge in [-0.15, -0.1) is 10.2 Å². The fraction of sp³-hybridized carbons (Fsp3) is 0.450. The Kier molecular flexibility index (Phi) is 6.43. The third-order valence-corrected chi connectivity index (χ3v) is 7.09. The third kappa shape index (κ3) is 4.86. The summed E-state index contributed by atoms with van der Waals surface area (Å²) in [6, 6.07) is 4.57. The molecule has 2 aromatic heterocycles. The number of rotatable bonds is 6. The maximum atomic E-state index is 13.5. The van der Waals surface area contributed by atoms with E-state index in [-0.39, 0.29) is 17.6 Å². The molecule has 1 amide bonds. The van der Waals surface area contributed by atoms with Crippen LogP contribution in [0.25, 0.3) is 10.9 Å². The number of fused-ring (bicyclic) bond motifs is 1. The minimum absolute atomic E-state index is 0.00525. The highest BCUT2D eigenvalue weighted by Crippen LogP contribution is 2.25. The van der Waals surface area contributed by atoms with E-state index in [9.17, 15) is 9.18 Å². The summed E-state index contributed by atoms with van der Waals surface area (Å²) in [6.45, 7) is 5.87. The van der Waals surface area contributed by atoms with Crippen molar-refractivity contribution < 1.29 is 9.18 Å². The lowest BCUT2D eigenvalue weighted by atomic mass is 9.96. The van der Waals surface area contributed by atoms with Gasteiger partial charge in [0.25, 0.3) is 0 Å². The summed E-state index contributed by atoms with van der Waals surface area (Å²) in [5.74, 6) is 1.25. The zero-order valence-corrected chi connectivity index (χ0v) is 18.5. The average molecular weight is 447 g/mol. The summed E-state index contributed by atoms with van der Waals surface area (Å²) in [6.07, 6.45) is 1.52. The van der Waals surface area contributed by atoms with Crippen molar-refractivity contribution in [2.45, 2.75) is 31.0 Å². The lowest BCUT2D eigenvalue weighted by Gasteiger charge is -2.31. The Morgan fingerprint density at radius 2 is 2.07 bits per heavy atom. The Morgan fingerprint density at radius 3 is 2.80 bits per heavy atom. The van der Waals surface area contributed by atoms with Gasteiger partial charge in [0.1, 0.15) is 10.8 Å². The van der Waals surface area contributed by atoms with Gasteiger partial charge in [0.05, 0.1) is 11.2 Å². The molecule has 1 aliphatic heterocycles. The van der Waals surface area contributed by atoms with Crippen LogP contribution in [0.15, 0.2) is 22.5 Å². The van der Waals surface area contributed by atoms with Crippen molar-refractivity contribution in [2.75, 3.05) is 30.3 Å². The number of amides is 1. The smallest absolute Gasteiger partial charge is 0.226 e. The molecule has 0 bridgehead atoms. The van der Waals surface area contributed by atoms with Gasteiger partial charge in [0, 0.05) is 36.7 Å². The Labute approximate surface area is 182 Å². The maximum Gasteiger partial charge on any atom is 0.226 e. The van der Waals surface area contributed by atoms with Crippen LogP contribution in [0.3, 0.4) is 0 Å². The molecule has 1 aliphatic rings. The molecule has 0 aliphatic carbocycles. The van der Waals surface area contributed by atoms with Gasteiger partial charge in [-0.25, -0.2) is 14.4 Å². The Morgan fingerprint density at radius 1 is 1.27 bits per heavy atom. The Balaban J connectivity index is 1.27. The van der Waals surface area contributed by atoms with Crippen LogP contribution in [0.4, 0.5) is 10.3 Å². The van der Waals surface area contributed by atoms with Gasteiger partial charge in [0.2, 0.25) is 11.9 Å². The molecule has 0 unspecified atom stereocenters. The standard InChI is InChI=1S/C20H23FN6OS2/c1-12-16-11-15(21)3-4-17(16)24-19(23-12)27-8-5-14(6-9-27)18(28)22-7-10-29-20-26-25-13(2)30-20/h3-4,11,14H,5-10H2,1-2H3,(H,22,28). The number of hydrogen-bond acceptors (Lipinski definition) is 8. The van der Waals surface area contributed by atoms with E-state index in [1.54, 1.807) is 29.2 Å². The molecule has 0 atom stereocenters. The second-order valence-electron chi connectivity index (χ2n) is 7.26. The van der Waals surface area contributed by atoms with Crippen LogP contribution in [-0.2, 0) is 4.79 Å². The first-order chi connectivity index (χ1) is 14.5. The molecule has 4 rings (SSSR count). The zero-order valence-electron chi connectivity index (χ0n) is 16.9. The van der Waals surface area contributed by atoms with Crippen LogP contribution in [0.1, 0.15) is 23.5 Å². The van der Waals surface area contributed by atoms with Crippen molar-refractivity contribution >= 4 is 45.9 Å². The molecule has 30 heavy (non-hydrogen) atoms. The van der Waals surface area contributed by atoms with Crippen molar-refractivity contribution in [3.8, 4) is 0 Å². The molecule has 1 aromatic carbocycles. The topological polar surface area (TPSA) is 83.9 Å². The molecule has 3 heterocycles. The van der Waals surface area contributed by atoms with Crippen LogP contribution in [0.5, 0.6) is 0 Å². The minimum Gasteiger partial charge on any atom is -0.355 e. The molecule has 10 heteroatoms. The lowest BCUT2D eigenvalue weighted by molar-refractivity contribution is -0.125. The van der Waals surface area contributed by atoms with E-state index in [0.717, 1.165) is 57.6 Å². The summed E-state index contributed by atoms with van der Waals surface area (Å²) >= 11 is 3.18. The van der Waals surface area contributed by atoms with E-state index < -0.39 is 0 Å². The van der Waals surface area contributed by atoms with Gasteiger partial charge >= 0.3 is 0 Å². The number of thioether (sulfide) groups is 1. The number of aromatic nitrogens is 4. The predicted octanol–water partition coefficient (Wildman–Crippen LogP) is 3.36. The number of carbonyl (C=O) groups is 1. The van der Waals surface area contributed by atoms with E-state index in [0.29, 0.717) is 12.5 Å². The molecule has 7 nitrogen and oxygen atoms in total. The minimum atomic E-state index is -0.286. The van der Waals surface area contributed by atoms with Crippen molar-refractivity contribution in [2.24, 2.45) is 5.92 Å².